The zero-order valence-electron chi connectivity index (χ0n) is 9.43. The van der Waals surface area contributed by atoms with Gasteiger partial charge >= 0.3 is 5.97 Å². The van der Waals surface area contributed by atoms with Gasteiger partial charge in [-0.1, -0.05) is 17.3 Å². The molecule has 0 saturated heterocycles. The van der Waals surface area contributed by atoms with Crippen molar-refractivity contribution in [1.82, 2.24) is 5.16 Å². The molecule has 0 fully saturated rings. The van der Waals surface area contributed by atoms with E-state index in [9.17, 15) is 4.79 Å². The highest BCUT2D eigenvalue weighted by Gasteiger charge is 2.12. The molecule has 1 N–H and O–H groups in total. The van der Waals surface area contributed by atoms with E-state index in [-0.39, 0.29) is 5.76 Å². The maximum Gasteiger partial charge on any atom is 0.374 e. The molecule has 5 heteroatoms. The average Bonchev–Trinajstić information content (AvgIpc) is 2.79. The third kappa shape index (κ3) is 2.34. The van der Waals surface area contributed by atoms with Crippen LogP contribution in [-0.4, -0.2) is 22.5 Å². The van der Waals surface area contributed by atoms with E-state index < -0.39 is 5.97 Å². The van der Waals surface area contributed by atoms with Gasteiger partial charge in [-0.3, -0.25) is 0 Å². The molecule has 0 saturated carbocycles. The van der Waals surface area contributed by atoms with Crippen LogP contribution in [-0.2, 0) is 0 Å². The number of carboxylic acids is 1. The van der Waals surface area contributed by atoms with E-state index in [2.05, 4.69) is 5.16 Å². The first-order valence-corrected chi connectivity index (χ1v) is 6.19. The molecule has 0 bridgehead atoms. The normalized spacial score (nSPS) is 10.5. The lowest BCUT2D eigenvalue weighted by molar-refractivity contribution is 0.0652. The standard InChI is InChI=1S/C12H11NO3S/c1-7-3-4-8(5-11(7)17-2)9-6-10(12(14)15)16-13-9/h3-6H,1-2H3,(H,14,15). The molecule has 0 spiro atoms. The number of aryl methyl sites for hydroxylation is 1. The summed E-state index contributed by atoms with van der Waals surface area (Å²) >= 11 is 1.64. The summed E-state index contributed by atoms with van der Waals surface area (Å²) in [6.07, 6.45) is 2.00. The third-order valence-electron chi connectivity index (χ3n) is 2.42. The number of rotatable bonds is 3. The highest BCUT2D eigenvalue weighted by atomic mass is 32.2. The van der Waals surface area contributed by atoms with E-state index in [0.29, 0.717) is 5.69 Å². The van der Waals surface area contributed by atoms with E-state index in [1.807, 2.05) is 31.4 Å². The van der Waals surface area contributed by atoms with Crippen molar-refractivity contribution in [3.8, 4) is 11.3 Å². The fraction of sp³-hybridized carbons (Fsp3) is 0.167. The Morgan fingerprint density at radius 2 is 2.18 bits per heavy atom. The molecule has 0 radical (unpaired) electrons. The van der Waals surface area contributed by atoms with Crippen molar-refractivity contribution in [3.63, 3.8) is 0 Å². The lowest BCUT2D eigenvalue weighted by Crippen LogP contribution is -1.91. The van der Waals surface area contributed by atoms with Gasteiger partial charge in [-0.05, 0) is 24.8 Å². The van der Waals surface area contributed by atoms with Crippen molar-refractivity contribution >= 4 is 17.7 Å². The van der Waals surface area contributed by atoms with Crippen LogP contribution < -0.4 is 0 Å². The van der Waals surface area contributed by atoms with E-state index in [0.717, 1.165) is 10.5 Å². The van der Waals surface area contributed by atoms with Gasteiger partial charge in [0.25, 0.3) is 0 Å². The SMILES string of the molecule is CSc1cc(-c2cc(C(=O)O)on2)ccc1C. The van der Waals surface area contributed by atoms with E-state index in [1.165, 1.54) is 11.6 Å². The monoisotopic (exact) mass is 249 g/mol. The van der Waals surface area contributed by atoms with Crippen LogP contribution in [0.3, 0.4) is 0 Å². The number of carboxylic acid groups (broad SMARTS) is 1. The molecule has 2 aromatic rings. The molecule has 0 amide bonds. The molecule has 0 aliphatic carbocycles. The van der Waals surface area contributed by atoms with Crippen LogP contribution in [0.15, 0.2) is 33.7 Å². The van der Waals surface area contributed by atoms with Crippen LogP contribution in [0.4, 0.5) is 0 Å². The highest BCUT2D eigenvalue weighted by Crippen LogP contribution is 2.27. The lowest BCUT2D eigenvalue weighted by Gasteiger charge is -2.03. The van der Waals surface area contributed by atoms with E-state index >= 15 is 0 Å². The molecule has 4 nitrogen and oxygen atoms in total. The summed E-state index contributed by atoms with van der Waals surface area (Å²) in [7, 11) is 0. The summed E-state index contributed by atoms with van der Waals surface area (Å²) in [5, 5.41) is 12.5. The Bertz CT molecular complexity index is 563. The second-order valence-corrected chi connectivity index (χ2v) is 4.41. The minimum atomic E-state index is -1.11. The zero-order valence-corrected chi connectivity index (χ0v) is 10.2. The maximum atomic E-state index is 10.7. The second kappa shape index (κ2) is 4.63. The minimum Gasteiger partial charge on any atom is -0.475 e. The zero-order chi connectivity index (χ0) is 12.4. The van der Waals surface area contributed by atoms with Crippen LogP contribution in [0.25, 0.3) is 11.3 Å². The van der Waals surface area contributed by atoms with Crippen molar-refractivity contribution < 1.29 is 14.4 Å². The molecule has 0 aliphatic rings. The molecular weight excluding hydrogens is 238 g/mol. The van der Waals surface area contributed by atoms with Crippen LogP contribution in [0.5, 0.6) is 0 Å². The molecular formula is C12H11NO3S. The summed E-state index contributed by atoms with van der Waals surface area (Å²) in [6.45, 7) is 2.03. The predicted octanol–water partition coefficient (Wildman–Crippen LogP) is 3.07. The quantitative estimate of drug-likeness (QED) is 0.847. The van der Waals surface area contributed by atoms with Crippen LogP contribution in [0, 0.1) is 6.92 Å². The topological polar surface area (TPSA) is 63.3 Å². The molecule has 0 unspecified atom stereocenters. The van der Waals surface area contributed by atoms with Gasteiger partial charge < -0.3 is 9.63 Å². The molecule has 17 heavy (non-hydrogen) atoms. The van der Waals surface area contributed by atoms with E-state index in [4.69, 9.17) is 9.63 Å². The predicted molar refractivity (Wildman–Crippen MR) is 65.4 cm³/mol. The Balaban J connectivity index is 2.42. The fourth-order valence-electron chi connectivity index (χ4n) is 1.49. The summed E-state index contributed by atoms with van der Waals surface area (Å²) in [5.41, 5.74) is 2.58. The van der Waals surface area contributed by atoms with E-state index in [1.54, 1.807) is 11.8 Å². The molecule has 0 atom stereocenters. The number of aromatic nitrogens is 1. The van der Waals surface area contributed by atoms with Gasteiger partial charge in [0.2, 0.25) is 5.76 Å². The number of hydrogen-bond acceptors (Lipinski definition) is 4. The molecule has 1 aromatic heterocycles. The summed E-state index contributed by atoms with van der Waals surface area (Å²) in [5.74, 6) is -1.26. The number of benzene rings is 1. The van der Waals surface area contributed by atoms with Crippen molar-refractivity contribution in [2.24, 2.45) is 0 Å². The first-order chi connectivity index (χ1) is 8.11. The number of nitrogens with zero attached hydrogens (tertiary/aromatic N) is 1. The average molecular weight is 249 g/mol. The Morgan fingerprint density at radius 3 is 2.76 bits per heavy atom. The van der Waals surface area contributed by atoms with Gasteiger partial charge in [-0.2, -0.15) is 0 Å². The number of thioether (sulfide) groups is 1. The second-order valence-electron chi connectivity index (χ2n) is 3.57. The Hall–Kier alpha value is -1.75. The van der Waals surface area contributed by atoms with Gasteiger partial charge in [0.1, 0.15) is 5.69 Å². The summed E-state index contributed by atoms with van der Waals surface area (Å²) in [4.78, 5) is 11.8. The largest absolute Gasteiger partial charge is 0.475 e. The molecule has 0 aliphatic heterocycles. The summed E-state index contributed by atoms with van der Waals surface area (Å²) < 4.78 is 4.73. The minimum absolute atomic E-state index is 0.147. The van der Waals surface area contributed by atoms with Gasteiger partial charge in [0.05, 0.1) is 0 Å². The number of hydrogen-bond donors (Lipinski definition) is 1. The lowest BCUT2D eigenvalue weighted by atomic mass is 10.1. The van der Waals surface area contributed by atoms with Gasteiger partial charge in [0.15, 0.2) is 0 Å². The highest BCUT2D eigenvalue weighted by molar-refractivity contribution is 7.98. The third-order valence-corrected chi connectivity index (χ3v) is 3.30. The number of aromatic carboxylic acids is 1. The Labute approximate surface area is 103 Å². The van der Waals surface area contributed by atoms with Crippen molar-refractivity contribution in [2.75, 3.05) is 6.26 Å². The first-order valence-electron chi connectivity index (χ1n) is 4.97. The van der Waals surface area contributed by atoms with Crippen LogP contribution in [0.2, 0.25) is 0 Å². The molecule has 88 valence electrons. The van der Waals surface area contributed by atoms with Gasteiger partial charge in [-0.15, -0.1) is 11.8 Å². The Kier molecular flexibility index (Phi) is 3.19. The van der Waals surface area contributed by atoms with Gasteiger partial charge in [0, 0.05) is 16.5 Å². The van der Waals surface area contributed by atoms with Crippen LogP contribution >= 0.6 is 11.8 Å². The number of carbonyl (C=O) groups is 1. The molecule has 1 heterocycles. The summed E-state index contributed by atoms with van der Waals surface area (Å²) in [6, 6.07) is 7.29. The molecule has 2 rings (SSSR count). The first kappa shape index (κ1) is 11.7. The maximum absolute atomic E-state index is 10.7. The Morgan fingerprint density at radius 1 is 1.41 bits per heavy atom. The molecule has 1 aromatic carbocycles. The van der Waals surface area contributed by atoms with Gasteiger partial charge in [-0.25, -0.2) is 4.79 Å². The fourth-order valence-corrected chi connectivity index (χ4v) is 2.13. The van der Waals surface area contributed by atoms with Crippen molar-refractivity contribution in [3.05, 3.63) is 35.6 Å². The van der Waals surface area contributed by atoms with Crippen molar-refractivity contribution in [2.45, 2.75) is 11.8 Å². The van der Waals surface area contributed by atoms with Crippen molar-refractivity contribution in [1.29, 1.82) is 0 Å². The smallest absolute Gasteiger partial charge is 0.374 e. The van der Waals surface area contributed by atoms with Crippen LogP contribution in [0.1, 0.15) is 16.1 Å².